The molecule has 1 heterocycles. The van der Waals surface area contributed by atoms with Gasteiger partial charge in [0.1, 0.15) is 22.6 Å². The number of phenols is 2. The minimum Gasteiger partial charge on any atom is -0.508 e. The van der Waals surface area contributed by atoms with E-state index < -0.39 is 17.2 Å². The van der Waals surface area contributed by atoms with Crippen molar-refractivity contribution in [3.05, 3.63) is 93.3 Å². The summed E-state index contributed by atoms with van der Waals surface area (Å²) in [6.45, 7) is 0. The third-order valence-corrected chi connectivity index (χ3v) is 5.08. The summed E-state index contributed by atoms with van der Waals surface area (Å²) >= 11 is 0. The minimum absolute atomic E-state index is 0.000272. The maximum Gasteiger partial charge on any atom is 0.348 e. The van der Waals surface area contributed by atoms with E-state index in [4.69, 9.17) is 4.42 Å². The second-order valence-electron chi connectivity index (χ2n) is 6.72. The first-order chi connectivity index (χ1) is 14.0. The van der Waals surface area contributed by atoms with Crippen LogP contribution in [0.3, 0.4) is 0 Å². The molecule has 0 spiro atoms. The summed E-state index contributed by atoms with van der Waals surface area (Å²) in [5, 5.41) is 20.1. The van der Waals surface area contributed by atoms with E-state index in [0.717, 1.165) is 0 Å². The van der Waals surface area contributed by atoms with Gasteiger partial charge in [0.15, 0.2) is 5.78 Å². The van der Waals surface area contributed by atoms with Crippen LogP contribution in [0.5, 0.6) is 11.5 Å². The summed E-state index contributed by atoms with van der Waals surface area (Å²) in [4.78, 5) is 39.0. The van der Waals surface area contributed by atoms with Crippen LogP contribution in [-0.2, 0) is 0 Å². The number of fused-ring (bicyclic) bond motifs is 2. The lowest BCUT2D eigenvalue weighted by molar-refractivity contribution is 0.102. The standard InChI is InChI=1S/C23H12O6/c24-12-7-5-11(6-8-12)21(26)20-17-13-3-1-2-4-14(13)22(27)18-15(25)9-10-16(19(17)18)29-23(20)28/h1-10,24-25H. The van der Waals surface area contributed by atoms with Crippen LogP contribution >= 0.6 is 0 Å². The minimum atomic E-state index is -0.841. The number of phenolic OH excluding ortho intramolecular Hbond substituents is 2. The second kappa shape index (κ2) is 5.90. The number of rotatable bonds is 2. The van der Waals surface area contributed by atoms with Gasteiger partial charge in [0.2, 0.25) is 5.78 Å². The zero-order chi connectivity index (χ0) is 20.3. The number of carbonyl (C=O) groups excluding carboxylic acids is 2. The Labute approximate surface area is 163 Å². The van der Waals surface area contributed by atoms with Crippen LogP contribution in [0, 0.1) is 0 Å². The van der Waals surface area contributed by atoms with E-state index in [1.807, 2.05) is 0 Å². The molecular formula is C23H12O6. The zero-order valence-electron chi connectivity index (χ0n) is 14.8. The van der Waals surface area contributed by atoms with E-state index in [1.165, 1.54) is 36.4 Å². The first kappa shape index (κ1) is 16.9. The van der Waals surface area contributed by atoms with Crippen LogP contribution in [-0.4, -0.2) is 21.8 Å². The quantitative estimate of drug-likeness (QED) is 0.356. The monoisotopic (exact) mass is 384 g/mol. The SMILES string of the molecule is O=C(c1ccc(O)cc1)c1c2c3c(c(O)ccc3oc1=O)C(=O)c1ccccc1-2. The molecule has 0 amide bonds. The van der Waals surface area contributed by atoms with E-state index in [0.29, 0.717) is 5.56 Å². The Balaban J connectivity index is 1.95. The second-order valence-corrected chi connectivity index (χ2v) is 6.72. The molecule has 0 fully saturated rings. The third kappa shape index (κ3) is 2.32. The van der Waals surface area contributed by atoms with E-state index in [2.05, 4.69) is 0 Å². The van der Waals surface area contributed by atoms with Gasteiger partial charge in [0.05, 0.1) is 5.56 Å². The zero-order valence-corrected chi connectivity index (χ0v) is 14.8. The van der Waals surface area contributed by atoms with Gasteiger partial charge in [-0.05, 0) is 42.0 Å². The Bertz CT molecular complexity index is 1410. The van der Waals surface area contributed by atoms with Crippen molar-refractivity contribution in [2.75, 3.05) is 0 Å². The Morgan fingerprint density at radius 3 is 2.21 bits per heavy atom. The molecule has 2 N–H and O–H groups in total. The third-order valence-electron chi connectivity index (χ3n) is 5.08. The molecule has 1 aliphatic carbocycles. The van der Waals surface area contributed by atoms with Gasteiger partial charge in [-0.25, -0.2) is 4.79 Å². The normalized spacial score (nSPS) is 12.1. The molecule has 4 aromatic rings. The number of carbonyl (C=O) groups is 2. The molecule has 0 atom stereocenters. The predicted octanol–water partition coefficient (Wildman–Crippen LogP) is 3.65. The van der Waals surface area contributed by atoms with Gasteiger partial charge >= 0.3 is 5.63 Å². The van der Waals surface area contributed by atoms with Crippen molar-refractivity contribution >= 4 is 22.5 Å². The fraction of sp³-hybridized carbons (Fsp3) is 0. The van der Waals surface area contributed by atoms with Gasteiger partial charge in [-0.3, -0.25) is 9.59 Å². The van der Waals surface area contributed by atoms with Crippen molar-refractivity contribution in [1.29, 1.82) is 0 Å². The first-order valence-corrected chi connectivity index (χ1v) is 8.78. The highest BCUT2D eigenvalue weighted by Crippen LogP contribution is 2.43. The molecule has 29 heavy (non-hydrogen) atoms. The van der Waals surface area contributed by atoms with Gasteiger partial charge in [-0.2, -0.15) is 0 Å². The molecule has 5 rings (SSSR count). The van der Waals surface area contributed by atoms with Crippen LogP contribution < -0.4 is 5.63 Å². The number of benzene rings is 3. The van der Waals surface area contributed by atoms with Crippen molar-refractivity contribution in [3.8, 4) is 22.6 Å². The molecule has 0 bridgehead atoms. The molecule has 6 heteroatoms. The lowest BCUT2D eigenvalue weighted by atomic mass is 9.81. The first-order valence-electron chi connectivity index (χ1n) is 8.78. The molecule has 1 aromatic heterocycles. The maximum absolute atomic E-state index is 13.2. The summed E-state index contributed by atoms with van der Waals surface area (Å²) in [6.07, 6.45) is 0. The van der Waals surface area contributed by atoms with E-state index >= 15 is 0 Å². The molecular weight excluding hydrogens is 372 g/mol. The Morgan fingerprint density at radius 2 is 1.48 bits per heavy atom. The van der Waals surface area contributed by atoms with E-state index in [9.17, 15) is 24.6 Å². The number of ketones is 2. The molecule has 0 saturated carbocycles. The number of hydrogen-bond acceptors (Lipinski definition) is 6. The summed E-state index contributed by atoms with van der Waals surface area (Å²) in [5.41, 5.74) is 0.199. The fourth-order valence-electron chi connectivity index (χ4n) is 3.78. The topological polar surface area (TPSA) is 105 Å². The van der Waals surface area contributed by atoms with E-state index in [-0.39, 0.29) is 50.3 Å². The average molecular weight is 384 g/mol. The highest BCUT2D eigenvalue weighted by molar-refractivity contribution is 6.29. The number of hydrogen-bond donors (Lipinski definition) is 2. The summed E-state index contributed by atoms with van der Waals surface area (Å²) < 4.78 is 5.35. The lowest BCUT2D eigenvalue weighted by Crippen LogP contribution is -2.21. The van der Waals surface area contributed by atoms with Crippen LogP contribution in [0.1, 0.15) is 31.8 Å². The lowest BCUT2D eigenvalue weighted by Gasteiger charge is -2.21. The average Bonchev–Trinajstić information content (AvgIpc) is 2.72. The van der Waals surface area contributed by atoms with Gasteiger partial charge in [0, 0.05) is 22.1 Å². The largest absolute Gasteiger partial charge is 0.508 e. The molecule has 0 saturated heterocycles. The molecule has 0 aliphatic heterocycles. The van der Waals surface area contributed by atoms with Gasteiger partial charge < -0.3 is 14.6 Å². The van der Waals surface area contributed by atoms with Crippen molar-refractivity contribution < 1.29 is 24.2 Å². The van der Waals surface area contributed by atoms with Gasteiger partial charge in [-0.1, -0.05) is 24.3 Å². The van der Waals surface area contributed by atoms with Crippen LogP contribution in [0.25, 0.3) is 22.1 Å². The highest BCUT2D eigenvalue weighted by Gasteiger charge is 2.33. The summed E-state index contributed by atoms with van der Waals surface area (Å²) in [7, 11) is 0. The van der Waals surface area contributed by atoms with Gasteiger partial charge in [0.25, 0.3) is 0 Å². The highest BCUT2D eigenvalue weighted by atomic mass is 16.4. The fourth-order valence-corrected chi connectivity index (χ4v) is 3.78. The summed E-state index contributed by atoms with van der Waals surface area (Å²) in [6, 6.07) is 14.8. The summed E-state index contributed by atoms with van der Waals surface area (Å²) in [5.74, 6) is -1.28. The van der Waals surface area contributed by atoms with Crippen LogP contribution in [0.15, 0.2) is 69.9 Å². The van der Waals surface area contributed by atoms with Crippen molar-refractivity contribution in [3.63, 3.8) is 0 Å². The molecule has 1 aliphatic rings. The van der Waals surface area contributed by atoms with E-state index in [1.54, 1.807) is 24.3 Å². The van der Waals surface area contributed by atoms with Gasteiger partial charge in [-0.15, -0.1) is 0 Å². The predicted molar refractivity (Wildman–Crippen MR) is 105 cm³/mol. The molecule has 6 nitrogen and oxygen atoms in total. The Kier molecular flexibility index (Phi) is 3.45. The van der Waals surface area contributed by atoms with Crippen molar-refractivity contribution in [2.24, 2.45) is 0 Å². The Hall–Kier alpha value is -4.19. The van der Waals surface area contributed by atoms with Crippen LogP contribution in [0.2, 0.25) is 0 Å². The molecule has 3 aromatic carbocycles. The molecule has 0 unspecified atom stereocenters. The Morgan fingerprint density at radius 1 is 0.793 bits per heavy atom. The number of aromatic hydroxyl groups is 2. The molecule has 0 radical (unpaired) electrons. The van der Waals surface area contributed by atoms with Crippen molar-refractivity contribution in [2.45, 2.75) is 0 Å². The van der Waals surface area contributed by atoms with Crippen molar-refractivity contribution in [1.82, 2.24) is 0 Å². The smallest absolute Gasteiger partial charge is 0.348 e. The molecule has 140 valence electrons. The van der Waals surface area contributed by atoms with Crippen LogP contribution in [0.4, 0.5) is 0 Å². The maximum atomic E-state index is 13.2.